The number of hydrogen-bond acceptors (Lipinski definition) is 4. The average Bonchev–Trinajstić information content (AvgIpc) is 3.09. The molecular formula is C17H13N5O2. The highest BCUT2D eigenvalue weighted by Gasteiger charge is 2.14. The Morgan fingerprint density at radius 1 is 1.04 bits per heavy atom. The molecule has 0 saturated heterocycles. The second-order valence-electron chi connectivity index (χ2n) is 5.33. The quantitative estimate of drug-likeness (QED) is 0.623. The summed E-state index contributed by atoms with van der Waals surface area (Å²) in [6, 6.07) is 16.2. The van der Waals surface area contributed by atoms with Crippen LogP contribution >= 0.6 is 0 Å². The third-order valence-corrected chi connectivity index (χ3v) is 3.77. The van der Waals surface area contributed by atoms with Crippen LogP contribution in [-0.4, -0.2) is 25.3 Å². The van der Waals surface area contributed by atoms with Gasteiger partial charge in [-0.15, -0.1) is 5.10 Å². The lowest BCUT2D eigenvalue weighted by Gasteiger charge is -2.10. The van der Waals surface area contributed by atoms with E-state index in [9.17, 15) is 9.59 Å². The van der Waals surface area contributed by atoms with Crippen molar-refractivity contribution >= 4 is 28.1 Å². The van der Waals surface area contributed by atoms with Crippen molar-refractivity contribution in [1.82, 2.24) is 19.4 Å². The van der Waals surface area contributed by atoms with Crippen molar-refractivity contribution in [2.45, 2.75) is 6.54 Å². The van der Waals surface area contributed by atoms with E-state index < -0.39 is 0 Å². The number of hydrogen-bond donors (Lipinski definition) is 1. The number of nitrogens with zero attached hydrogens (tertiary/aromatic N) is 4. The Labute approximate surface area is 136 Å². The molecule has 7 heteroatoms. The van der Waals surface area contributed by atoms with Crippen LogP contribution in [0.4, 0.5) is 5.69 Å². The fraction of sp³-hybridized carbons (Fsp3) is 0.0588. The van der Waals surface area contributed by atoms with Crippen LogP contribution in [0.2, 0.25) is 0 Å². The Kier molecular flexibility index (Phi) is 3.31. The molecule has 2 heterocycles. The van der Waals surface area contributed by atoms with Crippen LogP contribution in [0, 0.1) is 0 Å². The summed E-state index contributed by atoms with van der Waals surface area (Å²) in [6.45, 7) is -0.116. The van der Waals surface area contributed by atoms with Crippen molar-refractivity contribution in [2.24, 2.45) is 0 Å². The molecule has 24 heavy (non-hydrogen) atoms. The number of carbonyl (C=O) groups is 1. The van der Waals surface area contributed by atoms with E-state index in [0.717, 1.165) is 0 Å². The molecular weight excluding hydrogens is 306 g/mol. The maximum atomic E-state index is 12.7. The van der Waals surface area contributed by atoms with Crippen LogP contribution in [-0.2, 0) is 11.3 Å². The van der Waals surface area contributed by atoms with E-state index in [1.54, 1.807) is 34.8 Å². The van der Waals surface area contributed by atoms with E-state index in [-0.39, 0.29) is 18.0 Å². The van der Waals surface area contributed by atoms with Crippen LogP contribution < -0.4 is 10.9 Å². The topological polar surface area (TPSA) is 81.3 Å². The first kappa shape index (κ1) is 14.1. The highest BCUT2D eigenvalue weighted by atomic mass is 16.2. The maximum absolute atomic E-state index is 12.7. The Morgan fingerprint density at radius 3 is 2.62 bits per heavy atom. The summed E-state index contributed by atoms with van der Waals surface area (Å²) in [4.78, 5) is 25.1. The SMILES string of the molecule is O=C(Cn1c(=O)c2ccccc2n2nncc12)Nc1ccccc1. The molecule has 0 atom stereocenters. The summed E-state index contributed by atoms with van der Waals surface area (Å²) in [5.41, 5.74) is 1.57. The number of aromatic nitrogens is 4. The summed E-state index contributed by atoms with van der Waals surface area (Å²) in [7, 11) is 0. The molecule has 0 unspecified atom stereocenters. The van der Waals surface area contributed by atoms with E-state index >= 15 is 0 Å². The Bertz CT molecular complexity index is 1100. The molecule has 2 aromatic heterocycles. The van der Waals surface area contributed by atoms with Crippen molar-refractivity contribution < 1.29 is 4.79 Å². The predicted octanol–water partition coefficient (Wildman–Crippen LogP) is 1.68. The number of benzene rings is 2. The van der Waals surface area contributed by atoms with E-state index in [1.165, 1.54) is 10.8 Å². The van der Waals surface area contributed by atoms with Gasteiger partial charge in [0.2, 0.25) is 5.91 Å². The molecule has 0 aliphatic carbocycles. The van der Waals surface area contributed by atoms with Gasteiger partial charge in [-0.3, -0.25) is 14.2 Å². The molecule has 4 aromatic rings. The molecule has 2 aromatic carbocycles. The number of nitrogens with one attached hydrogen (secondary N) is 1. The third-order valence-electron chi connectivity index (χ3n) is 3.77. The predicted molar refractivity (Wildman–Crippen MR) is 89.8 cm³/mol. The van der Waals surface area contributed by atoms with Gasteiger partial charge in [0.15, 0.2) is 5.65 Å². The standard InChI is InChI=1S/C17H13N5O2/c23-15(19-12-6-2-1-3-7-12)11-21-16-10-18-20-22(16)14-9-5-4-8-13(14)17(21)24/h1-10H,11H2,(H,19,23). The Balaban J connectivity index is 1.78. The van der Waals surface area contributed by atoms with Crippen LogP contribution in [0.5, 0.6) is 0 Å². The van der Waals surface area contributed by atoms with Gasteiger partial charge in [-0.05, 0) is 24.3 Å². The second-order valence-corrected chi connectivity index (χ2v) is 5.33. The molecule has 1 amide bonds. The zero-order valence-electron chi connectivity index (χ0n) is 12.6. The first-order valence-corrected chi connectivity index (χ1v) is 7.41. The molecule has 0 bridgehead atoms. The van der Waals surface area contributed by atoms with E-state index in [1.807, 2.05) is 24.3 Å². The fourth-order valence-electron chi connectivity index (χ4n) is 2.69. The zero-order chi connectivity index (χ0) is 16.5. The number of rotatable bonds is 3. The molecule has 0 saturated carbocycles. The molecule has 118 valence electrons. The summed E-state index contributed by atoms with van der Waals surface area (Å²) < 4.78 is 2.94. The molecule has 0 radical (unpaired) electrons. The largest absolute Gasteiger partial charge is 0.325 e. The van der Waals surface area contributed by atoms with Gasteiger partial charge in [0, 0.05) is 5.69 Å². The van der Waals surface area contributed by atoms with E-state index in [0.29, 0.717) is 22.2 Å². The Hall–Kier alpha value is -3.48. The highest BCUT2D eigenvalue weighted by Crippen LogP contribution is 2.12. The molecule has 7 nitrogen and oxygen atoms in total. The summed E-state index contributed by atoms with van der Waals surface area (Å²) in [6.07, 6.45) is 1.48. The van der Waals surface area contributed by atoms with Crippen LogP contribution in [0.25, 0.3) is 16.6 Å². The van der Waals surface area contributed by atoms with Gasteiger partial charge in [-0.1, -0.05) is 35.5 Å². The number of para-hydroxylation sites is 2. The van der Waals surface area contributed by atoms with Crippen molar-refractivity contribution in [3.8, 4) is 0 Å². The van der Waals surface area contributed by atoms with Crippen LogP contribution in [0.15, 0.2) is 65.6 Å². The van der Waals surface area contributed by atoms with E-state index in [2.05, 4.69) is 15.6 Å². The second kappa shape index (κ2) is 5.62. The lowest BCUT2D eigenvalue weighted by molar-refractivity contribution is -0.116. The van der Waals surface area contributed by atoms with Crippen molar-refractivity contribution in [2.75, 3.05) is 5.32 Å². The van der Waals surface area contributed by atoms with Gasteiger partial charge in [0.25, 0.3) is 5.56 Å². The van der Waals surface area contributed by atoms with Gasteiger partial charge < -0.3 is 5.32 Å². The minimum Gasteiger partial charge on any atom is -0.325 e. The zero-order valence-corrected chi connectivity index (χ0v) is 12.6. The fourth-order valence-corrected chi connectivity index (χ4v) is 2.69. The van der Waals surface area contributed by atoms with Gasteiger partial charge in [0.05, 0.1) is 17.1 Å². The minimum atomic E-state index is -0.290. The highest BCUT2D eigenvalue weighted by molar-refractivity contribution is 5.91. The molecule has 0 fully saturated rings. The molecule has 0 aliphatic rings. The summed E-state index contributed by atoms with van der Waals surface area (Å²) in [5.74, 6) is -0.290. The maximum Gasteiger partial charge on any atom is 0.262 e. The first-order chi connectivity index (χ1) is 11.7. The average molecular weight is 319 g/mol. The first-order valence-electron chi connectivity index (χ1n) is 7.41. The van der Waals surface area contributed by atoms with Crippen molar-refractivity contribution in [3.63, 3.8) is 0 Å². The molecule has 0 spiro atoms. The molecule has 0 aliphatic heterocycles. The monoisotopic (exact) mass is 319 g/mol. The lowest BCUT2D eigenvalue weighted by atomic mass is 10.2. The van der Waals surface area contributed by atoms with Crippen LogP contribution in [0.3, 0.4) is 0 Å². The van der Waals surface area contributed by atoms with Crippen molar-refractivity contribution in [3.05, 3.63) is 71.1 Å². The van der Waals surface area contributed by atoms with Crippen molar-refractivity contribution in [1.29, 1.82) is 0 Å². The van der Waals surface area contributed by atoms with Gasteiger partial charge >= 0.3 is 0 Å². The number of amides is 1. The molecule has 4 rings (SSSR count). The summed E-state index contributed by atoms with van der Waals surface area (Å²) >= 11 is 0. The minimum absolute atomic E-state index is 0.116. The van der Waals surface area contributed by atoms with Gasteiger partial charge in [-0.2, -0.15) is 4.52 Å². The number of carbonyl (C=O) groups excluding carboxylic acids is 1. The Morgan fingerprint density at radius 2 is 1.79 bits per heavy atom. The summed E-state index contributed by atoms with van der Waals surface area (Å²) in [5, 5.41) is 11.1. The number of fused-ring (bicyclic) bond motifs is 3. The number of anilines is 1. The lowest BCUT2D eigenvalue weighted by Crippen LogP contribution is -2.29. The van der Waals surface area contributed by atoms with Gasteiger partial charge in [0.1, 0.15) is 6.54 Å². The van der Waals surface area contributed by atoms with E-state index in [4.69, 9.17) is 0 Å². The smallest absolute Gasteiger partial charge is 0.262 e. The van der Waals surface area contributed by atoms with Gasteiger partial charge in [-0.25, -0.2) is 0 Å². The normalized spacial score (nSPS) is 11.0. The molecule has 1 N–H and O–H groups in total. The van der Waals surface area contributed by atoms with Crippen LogP contribution in [0.1, 0.15) is 0 Å². The third kappa shape index (κ3) is 2.32.